The van der Waals surface area contributed by atoms with Crippen molar-refractivity contribution >= 4 is 23.2 Å². The molecule has 0 bridgehead atoms. The van der Waals surface area contributed by atoms with Gasteiger partial charge < -0.3 is 20.9 Å². The van der Waals surface area contributed by atoms with Gasteiger partial charge in [0.2, 0.25) is 5.91 Å². The van der Waals surface area contributed by atoms with Crippen molar-refractivity contribution < 1.29 is 18.0 Å². The van der Waals surface area contributed by atoms with E-state index in [0.29, 0.717) is 42.9 Å². The summed E-state index contributed by atoms with van der Waals surface area (Å²) in [4.78, 5) is 28.5. The molecule has 10 nitrogen and oxygen atoms in total. The number of amides is 1. The van der Waals surface area contributed by atoms with Crippen LogP contribution in [-0.4, -0.2) is 62.9 Å². The van der Waals surface area contributed by atoms with Crippen molar-refractivity contribution in [3.63, 3.8) is 0 Å². The summed E-state index contributed by atoms with van der Waals surface area (Å²) in [6, 6.07) is 5.04. The molecule has 1 fully saturated rings. The number of piperidine rings is 1. The van der Waals surface area contributed by atoms with Crippen molar-refractivity contribution in [3.05, 3.63) is 41.5 Å². The van der Waals surface area contributed by atoms with Gasteiger partial charge >= 0.3 is 6.18 Å². The van der Waals surface area contributed by atoms with E-state index in [9.17, 15) is 18.0 Å². The number of alkyl halides is 3. The summed E-state index contributed by atoms with van der Waals surface area (Å²) in [6.45, 7) is 10.7. The molecule has 0 atom stereocenters. The fourth-order valence-electron chi connectivity index (χ4n) is 5.51. The molecule has 1 amide bonds. The Morgan fingerprint density at radius 1 is 1.15 bits per heavy atom. The molecule has 220 valence electrons. The van der Waals surface area contributed by atoms with Gasteiger partial charge in [-0.25, -0.2) is 15.0 Å². The molecule has 5 heterocycles. The highest BCUT2D eigenvalue weighted by molar-refractivity contribution is 6.06. The lowest BCUT2D eigenvalue weighted by molar-refractivity contribution is -0.141. The molecule has 0 radical (unpaired) electrons. The minimum Gasteiger partial charge on any atom is -0.382 e. The predicted molar refractivity (Wildman–Crippen MR) is 151 cm³/mol. The zero-order valence-electron chi connectivity index (χ0n) is 23.9. The highest BCUT2D eigenvalue weighted by Gasteiger charge is 2.43. The van der Waals surface area contributed by atoms with E-state index in [1.165, 1.54) is 18.1 Å². The summed E-state index contributed by atoms with van der Waals surface area (Å²) in [5, 5.41) is 13.4. The number of aromatic nitrogens is 5. The van der Waals surface area contributed by atoms with Crippen molar-refractivity contribution in [1.82, 2.24) is 30.0 Å². The van der Waals surface area contributed by atoms with Crippen molar-refractivity contribution in [2.24, 2.45) is 7.05 Å². The topological polar surface area (TPSA) is 113 Å². The van der Waals surface area contributed by atoms with Crippen LogP contribution in [0.25, 0.3) is 11.4 Å². The molecule has 5 rings (SSSR count). The number of fused-ring (bicyclic) bond motifs is 1. The summed E-state index contributed by atoms with van der Waals surface area (Å²) in [7, 11) is 1.50. The number of hydrogen-bond acceptors (Lipinski definition) is 8. The minimum atomic E-state index is -4.54. The van der Waals surface area contributed by atoms with E-state index in [1.807, 2.05) is 19.9 Å². The Bertz CT molecular complexity index is 1430. The Balaban J connectivity index is 1.41. The van der Waals surface area contributed by atoms with Crippen molar-refractivity contribution in [2.75, 3.05) is 41.7 Å². The minimum absolute atomic E-state index is 0.0738. The SMILES string of the molecule is CC(C)NCCNc1ccc(-c2cc(C(F)(F)F)nn2C)nc1C1CCN(c2ncnc3c2C(C)(C)C(=O)N3)CC1. The van der Waals surface area contributed by atoms with Crippen LogP contribution in [0.3, 0.4) is 0 Å². The summed E-state index contributed by atoms with van der Waals surface area (Å²) < 4.78 is 41.3. The molecule has 0 aromatic carbocycles. The van der Waals surface area contributed by atoms with Crippen molar-refractivity contribution in [1.29, 1.82) is 0 Å². The standard InChI is InChI=1S/C28H36F3N9O/c1-16(2)32-10-11-33-19-7-6-18(20-14-21(28(29,30)31)38-39(20)5)36-23(19)17-8-12-40(13-9-17)25-22-24(34-15-35-25)37-26(41)27(22,3)4/h6-7,14-17,32-33H,8-13H2,1-5H3,(H,34,35,37,41). The molecule has 0 aliphatic carbocycles. The molecule has 0 unspecified atom stereocenters. The normalized spacial score (nSPS) is 17.2. The molecule has 3 N–H and O–H groups in total. The number of pyridine rings is 1. The number of carbonyl (C=O) groups is 1. The zero-order valence-corrected chi connectivity index (χ0v) is 23.9. The van der Waals surface area contributed by atoms with Gasteiger partial charge in [-0.05, 0) is 44.9 Å². The number of hydrogen-bond donors (Lipinski definition) is 3. The number of nitrogens with one attached hydrogen (secondary N) is 3. The van der Waals surface area contributed by atoms with Gasteiger partial charge in [0.15, 0.2) is 5.69 Å². The summed E-state index contributed by atoms with van der Waals surface area (Å²) >= 11 is 0. The fourth-order valence-corrected chi connectivity index (χ4v) is 5.51. The van der Waals surface area contributed by atoms with Crippen molar-refractivity contribution in [2.45, 2.75) is 64.1 Å². The number of carbonyl (C=O) groups excluding carboxylic acids is 1. The van der Waals surface area contributed by atoms with E-state index in [4.69, 9.17) is 4.98 Å². The van der Waals surface area contributed by atoms with Crippen LogP contribution in [0, 0.1) is 0 Å². The van der Waals surface area contributed by atoms with E-state index >= 15 is 0 Å². The van der Waals surface area contributed by atoms with E-state index in [-0.39, 0.29) is 11.8 Å². The number of rotatable bonds is 8. The lowest BCUT2D eigenvalue weighted by Gasteiger charge is -2.35. The molecule has 3 aromatic heterocycles. The first-order valence-electron chi connectivity index (χ1n) is 13.9. The zero-order chi connectivity index (χ0) is 29.5. The van der Waals surface area contributed by atoms with Crippen LogP contribution in [0.15, 0.2) is 24.5 Å². The first-order chi connectivity index (χ1) is 19.4. The third kappa shape index (κ3) is 5.72. The summed E-state index contributed by atoms with van der Waals surface area (Å²) in [6.07, 6.45) is -1.54. The largest absolute Gasteiger partial charge is 0.435 e. The van der Waals surface area contributed by atoms with E-state index in [2.05, 4.69) is 49.8 Å². The average molecular weight is 572 g/mol. The van der Waals surface area contributed by atoms with Gasteiger partial charge in [-0.3, -0.25) is 9.48 Å². The molecular formula is C28H36F3N9O. The molecule has 3 aromatic rings. The molecule has 1 saturated heterocycles. The van der Waals surface area contributed by atoms with E-state index in [1.54, 1.807) is 6.07 Å². The molecule has 41 heavy (non-hydrogen) atoms. The quantitative estimate of drug-likeness (QED) is 0.343. The lowest BCUT2D eigenvalue weighted by Crippen LogP contribution is -2.36. The highest BCUT2D eigenvalue weighted by Crippen LogP contribution is 2.43. The van der Waals surface area contributed by atoms with E-state index in [0.717, 1.165) is 48.2 Å². The second-order valence-electron chi connectivity index (χ2n) is 11.5. The lowest BCUT2D eigenvalue weighted by atomic mass is 9.86. The number of aryl methyl sites for hydroxylation is 1. The Kier molecular flexibility index (Phi) is 7.66. The second-order valence-corrected chi connectivity index (χ2v) is 11.5. The second kappa shape index (κ2) is 10.9. The third-order valence-corrected chi connectivity index (χ3v) is 7.78. The first-order valence-corrected chi connectivity index (χ1v) is 13.9. The molecule has 0 saturated carbocycles. The molecule has 2 aliphatic rings. The van der Waals surface area contributed by atoms with Crippen molar-refractivity contribution in [3.8, 4) is 11.4 Å². The van der Waals surface area contributed by atoms with Gasteiger partial charge in [-0.15, -0.1) is 0 Å². The van der Waals surface area contributed by atoms with Crippen LogP contribution in [-0.2, 0) is 23.4 Å². The van der Waals surface area contributed by atoms with E-state index < -0.39 is 17.3 Å². The number of anilines is 3. The Morgan fingerprint density at radius 2 is 1.88 bits per heavy atom. The smallest absolute Gasteiger partial charge is 0.382 e. The number of halogens is 3. The van der Waals surface area contributed by atoms with Gasteiger partial charge in [0.05, 0.1) is 33.7 Å². The number of nitrogens with zero attached hydrogens (tertiary/aromatic N) is 6. The molecule has 2 aliphatic heterocycles. The Morgan fingerprint density at radius 3 is 2.54 bits per heavy atom. The third-order valence-electron chi connectivity index (χ3n) is 7.78. The predicted octanol–water partition coefficient (Wildman–Crippen LogP) is 4.31. The Labute approximate surface area is 237 Å². The van der Waals surface area contributed by atoms with Crippen LogP contribution in [0.1, 0.15) is 63.4 Å². The maximum Gasteiger partial charge on any atom is 0.435 e. The maximum absolute atomic E-state index is 13.3. The monoisotopic (exact) mass is 571 g/mol. The molecule has 13 heteroatoms. The van der Waals surface area contributed by atoms with Crippen LogP contribution >= 0.6 is 0 Å². The van der Waals surface area contributed by atoms with Gasteiger partial charge in [-0.2, -0.15) is 18.3 Å². The first kappa shape index (κ1) is 28.8. The maximum atomic E-state index is 13.3. The fraction of sp³-hybridized carbons (Fsp3) is 0.536. The summed E-state index contributed by atoms with van der Waals surface area (Å²) in [5.74, 6) is 1.28. The van der Waals surface area contributed by atoms with Crippen LogP contribution in [0.4, 0.5) is 30.5 Å². The van der Waals surface area contributed by atoms with Gasteiger partial charge in [0.25, 0.3) is 0 Å². The Hall–Kier alpha value is -3.74. The van der Waals surface area contributed by atoms with Crippen LogP contribution in [0.5, 0.6) is 0 Å². The van der Waals surface area contributed by atoms with Crippen LogP contribution in [0.2, 0.25) is 0 Å². The highest BCUT2D eigenvalue weighted by atomic mass is 19.4. The summed E-state index contributed by atoms with van der Waals surface area (Å²) in [5.41, 5.74) is 1.57. The molecule has 0 spiro atoms. The molecular weight excluding hydrogens is 535 g/mol. The van der Waals surface area contributed by atoms with Crippen LogP contribution < -0.4 is 20.9 Å². The van der Waals surface area contributed by atoms with Gasteiger partial charge in [-0.1, -0.05) is 13.8 Å². The van der Waals surface area contributed by atoms with Gasteiger partial charge in [0.1, 0.15) is 18.0 Å². The average Bonchev–Trinajstić information content (AvgIpc) is 3.43. The van der Waals surface area contributed by atoms with Gasteiger partial charge in [0, 0.05) is 45.2 Å².